The van der Waals surface area contributed by atoms with Gasteiger partial charge in [-0.1, -0.05) is 25.1 Å². The number of aldehydes is 1. The van der Waals surface area contributed by atoms with E-state index < -0.39 is 6.09 Å². The highest BCUT2D eigenvalue weighted by atomic mass is 16.5. The number of fused-ring (bicyclic) bond motifs is 1. The van der Waals surface area contributed by atoms with Crippen LogP contribution in [0.5, 0.6) is 0 Å². The van der Waals surface area contributed by atoms with Crippen LogP contribution < -0.4 is 4.90 Å². The van der Waals surface area contributed by atoms with E-state index in [1.165, 1.54) is 18.2 Å². The van der Waals surface area contributed by atoms with Crippen LogP contribution in [0.1, 0.15) is 18.4 Å². The SMILES string of the molecule is COC(=O)N1C=C(C=O)[C@H](C)c2ccccc21. The fraction of sp³-hybridized carbons (Fsp3) is 0.231. The molecule has 0 spiro atoms. The zero-order valence-electron chi connectivity index (χ0n) is 9.71. The lowest BCUT2D eigenvalue weighted by Crippen LogP contribution is -2.30. The molecule has 0 bridgehead atoms. The largest absolute Gasteiger partial charge is 0.452 e. The van der Waals surface area contributed by atoms with Crippen LogP contribution in [0.2, 0.25) is 0 Å². The van der Waals surface area contributed by atoms with Gasteiger partial charge in [0.1, 0.15) is 6.29 Å². The Morgan fingerprint density at radius 1 is 1.41 bits per heavy atom. The molecule has 0 unspecified atom stereocenters. The van der Waals surface area contributed by atoms with E-state index in [4.69, 9.17) is 4.74 Å². The zero-order valence-corrected chi connectivity index (χ0v) is 9.71. The predicted octanol–water partition coefficient (Wildman–Crippen LogP) is 2.46. The van der Waals surface area contributed by atoms with Crippen molar-refractivity contribution in [3.63, 3.8) is 0 Å². The maximum atomic E-state index is 11.6. The van der Waals surface area contributed by atoms with Gasteiger partial charge in [-0.05, 0) is 11.6 Å². The fourth-order valence-corrected chi connectivity index (χ4v) is 1.96. The minimum Gasteiger partial charge on any atom is -0.452 e. The van der Waals surface area contributed by atoms with Crippen molar-refractivity contribution in [1.82, 2.24) is 0 Å². The number of allylic oxidation sites excluding steroid dienone is 1. The van der Waals surface area contributed by atoms with E-state index in [-0.39, 0.29) is 5.92 Å². The third kappa shape index (κ3) is 1.82. The number of benzene rings is 1. The van der Waals surface area contributed by atoms with Gasteiger partial charge in [-0.15, -0.1) is 0 Å². The van der Waals surface area contributed by atoms with E-state index in [1.807, 2.05) is 31.2 Å². The summed E-state index contributed by atoms with van der Waals surface area (Å²) in [7, 11) is 1.32. The van der Waals surface area contributed by atoms with Crippen molar-refractivity contribution in [3.05, 3.63) is 41.6 Å². The average molecular weight is 231 g/mol. The van der Waals surface area contributed by atoms with Gasteiger partial charge in [0.05, 0.1) is 12.8 Å². The first kappa shape index (κ1) is 11.4. The molecule has 0 fully saturated rings. The van der Waals surface area contributed by atoms with Crippen molar-refractivity contribution in [3.8, 4) is 0 Å². The summed E-state index contributed by atoms with van der Waals surface area (Å²) in [5.74, 6) is -0.00962. The Labute approximate surface area is 99.5 Å². The quantitative estimate of drug-likeness (QED) is 0.697. The summed E-state index contributed by atoms with van der Waals surface area (Å²) >= 11 is 0. The van der Waals surface area contributed by atoms with Gasteiger partial charge in [-0.25, -0.2) is 4.79 Å². The van der Waals surface area contributed by atoms with E-state index >= 15 is 0 Å². The molecule has 17 heavy (non-hydrogen) atoms. The van der Waals surface area contributed by atoms with Crippen molar-refractivity contribution in [2.24, 2.45) is 0 Å². The maximum Gasteiger partial charge on any atom is 0.418 e. The third-order valence-electron chi connectivity index (χ3n) is 2.95. The number of carbonyl (C=O) groups is 2. The Bertz CT molecular complexity index is 493. The molecule has 0 N–H and O–H groups in total. The molecule has 1 heterocycles. The third-order valence-corrected chi connectivity index (χ3v) is 2.95. The van der Waals surface area contributed by atoms with Crippen LogP contribution in [0.25, 0.3) is 0 Å². The Hall–Kier alpha value is -2.10. The van der Waals surface area contributed by atoms with Crippen LogP contribution in [0.4, 0.5) is 10.5 Å². The van der Waals surface area contributed by atoms with Crippen molar-refractivity contribution in [1.29, 1.82) is 0 Å². The summed E-state index contributed by atoms with van der Waals surface area (Å²) in [4.78, 5) is 24.0. The lowest BCUT2D eigenvalue weighted by Gasteiger charge is -2.28. The molecule has 88 valence electrons. The van der Waals surface area contributed by atoms with Crippen LogP contribution in [0.3, 0.4) is 0 Å². The molecule has 1 atom stereocenters. The predicted molar refractivity (Wildman–Crippen MR) is 63.9 cm³/mol. The Morgan fingerprint density at radius 2 is 2.12 bits per heavy atom. The van der Waals surface area contributed by atoms with Crippen LogP contribution in [-0.2, 0) is 9.53 Å². The standard InChI is InChI=1S/C13H13NO3/c1-9-10(8-15)7-14(13(16)17-2)12-6-4-3-5-11(9)12/h3-9H,1-2H3/t9-/m0/s1. The number of methoxy groups -OCH3 is 1. The molecule has 1 aromatic carbocycles. The molecule has 4 heteroatoms. The molecule has 0 radical (unpaired) electrons. The summed E-state index contributed by atoms with van der Waals surface area (Å²) in [5, 5.41) is 0. The van der Waals surface area contributed by atoms with Crippen LogP contribution in [-0.4, -0.2) is 19.5 Å². The van der Waals surface area contributed by atoms with Crippen molar-refractivity contribution >= 4 is 18.1 Å². The highest BCUT2D eigenvalue weighted by molar-refractivity contribution is 5.95. The summed E-state index contributed by atoms with van der Waals surface area (Å²) < 4.78 is 4.70. The Morgan fingerprint density at radius 3 is 2.76 bits per heavy atom. The minimum absolute atomic E-state index is 0.00962. The highest BCUT2D eigenvalue weighted by Crippen LogP contribution is 2.36. The number of ether oxygens (including phenoxy) is 1. The second kappa shape index (κ2) is 4.41. The molecule has 1 aromatic rings. The van der Waals surface area contributed by atoms with Gasteiger partial charge in [-0.3, -0.25) is 9.69 Å². The number of hydrogen-bond donors (Lipinski definition) is 0. The maximum absolute atomic E-state index is 11.6. The molecule has 0 aromatic heterocycles. The van der Waals surface area contributed by atoms with E-state index in [9.17, 15) is 9.59 Å². The van der Waals surface area contributed by atoms with Crippen LogP contribution >= 0.6 is 0 Å². The number of para-hydroxylation sites is 1. The first-order chi connectivity index (χ1) is 8.19. The summed E-state index contributed by atoms with van der Waals surface area (Å²) in [6.07, 6.45) is 1.81. The first-order valence-electron chi connectivity index (χ1n) is 5.32. The lowest BCUT2D eigenvalue weighted by atomic mass is 9.90. The molecule has 0 saturated carbocycles. The monoisotopic (exact) mass is 231 g/mol. The van der Waals surface area contributed by atoms with Crippen molar-refractivity contribution in [2.45, 2.75) is 12.8 Å². The molecule has 2 rings (SSSR count). The smallest absolute Gasteiger partial charge is 0.418 e. The topological polar surface area (TPSA) is 46.6 Å². The molecule has 1 aliphatic rings. The first-order valence-corrected chi connectivity index (χ1v) is 5.32. The second-order valence-electron chi connectivity index (χ2n) is 3.87. The van der Waals surface area contributed by atoms with Gasteiger partial charge < -0.3 is 4.74 Å². The van der Waals surface area contributed by atoms with Gasteiger partial charge in [-0.2, -0.15) is 0 Å². The van der Waals surface area contributed by atoms with E-state index in [1.54, 1.807) is 0 Å². The van der Waals surface area contributed by atoms with Crippen LogP contribution in [0.15, 0.2) is 36.0 Å². The number of hydrogen-bond acceptors (Lipinski definition) is 3. The van der Waals surface area contributed by atoms with Crippen LogP contribution in [0, 0.1) is 0 Å². The van der Waals surface area contributed by atoms with E-state index in [0.29, 0.717) is 5.57 Å². The van der Waals surface area contributed by atoms with Gasteiger partial charge in [0.2, 0.25) is 0 Å². The van der Waals surface area contributed by atoms with E-state index in [0.717, 1.165) is 17.5 Å². The molecule has 1 amide bonds. The number of anilines is 1. The molecule has 4 nitrogen and oxygen atoms in total. The zero-order chi connectivity index (χ0) is 12.4. The molecular formula is C13H13NO3. The number of amides is 1. The van der Waals surface area contributed by atoms with Crippen molar-refractivity contribution < 1.29 is 14.3 Å². The highest BCUT2D eigenvalue weighted by Gasteiger charge is 2.27. The van der Waals surface area contributed by atoms with Gasteiger partial charge in [0, 0.05) is 17.7 Å². The number of carbonyl (C=O) groups excluding carboxylic acids is 2. The lowest BCUT2D eigenvalue weighted by molar-refractivity contribution is -0.105. The number of rotatable bonds is 1. The van der Waals surface area contributed by atoms with Crippen molar-refractivity contribution in [2.75, 3.05) is 12.0 Å². The van der Waals surface area contributed by atoms with Gasteiger partial charge >= 0.3 is 6.09 Å². The average Bonchev–Trinajstić information content (AvgIpc) is 2.38. The molecule has 0 aliphatic carbocycles. The van der Waals surface area contributed by atoms with Gasteiger partial charge in [0.15, 0.2) is 0 Å². The minimum atomic E-state index is -0.497. The second-order valence-corrected chi connectivity index (χ2v) is 3.87. The Kier molecular flexibility index (Phi) is 2.95. The molecule has 1 aliphatic heterocycles. The number of nitrogens with zero attached hydrogens (tertiary/aromatic N) is 1. The molecule has 0 saturated heterocycles. The summed E-state index contributed by atoms with van der Waals surface area (Å²) in [5.41, 5.74) is 2.27. The Balaban J connectivity index is 2.55. The van der Waals surface area contributed by atoms with Gasteiger partial charge in [0.25, 0.3) is 0 Å². The summed E-state index contributed by atoms with van der Waals surface area (Å²) in [6.45, 7) is 1.94. The normalized spacial score (nSPS) is 18.1. The fourth-order valence-electron chi connectivity index (χ4n) is 1.96. The summed E-state index contributed by atoms with van der Waals surface area (Å²) in [6, 6.07) is 7.48. The molecular weight excluding hydrogens is 218 g/mol. The van der Waals surface area contributed by atoms with E-state index in [2.05, 4.69) is 0 Å².